The average Bonchev–Trinajstić information content (AvgIpc) is 3.21. The lowest BCUT2D eigenvalue weighted by Gasteiger charge is -2.50. The highest BCUT2D eigenvalue weighted by Gasteiger charge is 2.56. The number of unbranched alkanes of at least 4 members (excludes halogenated alkanes) is 3. The van der Waals surface area contributed by atoms with Crippen LogP contribution in [0.3, 0.4) is 0 Å². The number of carbonyl (C=O) groups excluding carboxylic acids is 3. The second-order valence-electron chi connectivity index (χ2n) is 15.3. The van der Waals surface area contributed by atoms with E-state index in [9.17, 15) is 65.4 Å². The van der Waals surface area contributed by atoms with Crippen LogP contribution in [0.1, 0.15) is 53.4 Å². The SMILES string of the molecule is CC(=O)N[C@H]1[C@H](O[C@H]2[C@@H](O)[C@@H](CO)O[C@@H](O[C@H]3[C@H](O)[C@@H](NC(C)=O)[C@H](OCCCCCCNOC(C)=[O+])O[C@@H]3CO)[C@@H]2O)O[C@H](CO)[C@@H](O[C@@H]2O[C@@H](C)[C@@H](O)[C@@H](O)[C@@H]2O)[C@@H]1O. The van der Waals surface area contributed by atoms with Gasteiger partial charge >= 0.3 is 5.97 Å². The number of hydroxylamine groups is 1. The zero-order chi connectivity index (χ0) is 45.1. The van der Waals surface area contributed by atoms with E-state index in [2.05, 4.69) is 21.0 Å². The zero-order valence-electron chi connectivity index (χ0n) is 34.3. The maximum atomic E-state index is 12.3. The molecule has 4 fully saturated rings. The quantitative estimate of drug-likeness (QED) is 0.0307. The molecule has 4 aliphatic rings. The second kappa shape index (κ2) is 24.1. The van der Waals surface area contributed by atoms with Gasteiger partial charge in [-0.1, -0.05) is 18.3 Å². The van der Waals surface area contributed by atoms with Crippen LogP contribution in [0.25, 0.3) is 0 Å². The maximum Gasteiger partial charge on any atom is 0.594 e. The summed E-state index contributed by atoms with van der Waals surface area (Å²) in [4.78, 5) is 40.1. The Morgan fingerprint density at radius 1 is 0.557 bits per heavy atom. The van der Waals surface area contributed by atoms with Crippen LogP contribution in [0.5, 0.6) is 0 Å². The molecule has 0 aromatic heterocycles. The van der Waals surface area contributed by atoms with Crippen LogP contribution in [0.4, 0.5) is 0 Å². The van der Waals surface area contributed by atoms with E-state index in [0.717, 1.165) is 13.3 Å². The molecule has 4 heterocycles. The van der Waals surface area contributed by atoms with Crippen LogP contribution in [-0.4, -0.2) is 225 Å². The fraction of sp³-hybridized carbons (Fsp3) is 0.917. The summed E-state index contributed by atoms with van der Waals surface area (Å²) < 4.78 is 46.4. The summed E-state index contributed by atoms with van der Waals surface area (Å²) in [7, 11) is 0. The van der Waals surface area contributed by atoms with Gasteiger partial charge in [0.05, 0.1) is 37.3 Å². The molecular weight excluding hydrogens is 826 g/mol. The van der Waals surface area contributed by atoms with Gasteiger partial charge in [-0.25, -0.2) is 0 Å². The van der Waals surface area contributed by atoms with Gasteiger partial charge in [0, 0.05) is 20.5 Å². The highest BCUT2D eigenvalue weighted by Crippen LogP contribution is 2.34. The lowest BCUT2D eigenvalue weighted by atomic mass is 9.94. The molecule has 0 aromatic carbocycles. The molecule has 25 nitrogen and oxygen atoms in total. The van der Waals surface area contributed by atoms with Gasteiger partial charge in [-0.2, -0.15) is 4.84 Å². The van der Waals surface area contributed by atoms with Gasteiger partial charge in [0.1, 0.15) is 98.4 Å². The fourth-order valence-electron chi connectivity index (χ4n) is 7.43. The standard InChI is InChI=1S/C36H63N3O22/c1-14-23(46)27(50)28(51)35(54-14)58-31-20(13-42)57-34(22(26(31)49)39-16(3)44)60-32-24(47)18(11-40)55-36(29(32)52)59-30-19(12-41)56-33(21(25(30)48)38-15(2)43)53-10-8-6-5-7-9-37-61-17(4)45/h14,18-37,40-42,46-52H,5-13H2,1-4H3,(H,38,43)(H,39,44)/q+1/t14-,18+,19+,20+,21+,22+,23+,24-,25+,26+,27+,28-,29+,30+,31+,32-,33+,34-,35-,36-/m0/s1. The zero-order valence-corrected chi connectivity index (χ0v) is 34.3. The summed E-state index contributed by atoms with van der Waals surface area (Å²) in [6, 6.07) is -2.86. The van der Waals surface area contributed by atoms with E-state index in [4.69, 9.17) is 37.9 Å². The third-order valence-corrected chi connectivity index (χ3v) is 10.6. The molecule has 0 aromatic rings. The van der Waals surface area contributed by atoms with Crippen molar-refractivity contribution in [1.82, 2.24) is 16.1 Å². The van der Waals surface area contributed by atoms with Crippen LogP contribution < -0.4 is 16.1 Å². The van der Waals surface area contributed by atoms with Crippen LogP contribution in [0.2, 0.25) is 0 Å². The molecule has 4 rings (SSSR count). The Balaban J connectivity index is 1.47. The minimum absolute atomic E-state index is 0.123. The first kappa shape index (κ1) is 51.3. The molecule has 13 N–H and O–H groups in total. The number of carbonyl (C=O) groups is 3. The Morgan fingerprint density at radius 2 is 1.05 bits per heavy atom. The Morgan fingerprint density at radius 3 is 1.59 bits per heavy atom. The van der Waals surface area contributed by atoms with Gasteiger partial charge in [-0.05, 0) is 19.8 Å². The van der Waals surface area contributed by atoms with E-state index in [0.29, 0.717) is 25.8 Å². The third kappa shape index (κ3) is 13.3. The van der Waals surface area contributed by atoms with Gasteiger partial charge < -0.3 is 99.6 Å². The summed E-state index contributed by atoms with van der Waals surface area (Å²) in [5.74, 6) is -1.77. The van der Waals surface area contributed by atoms with Crippen molar-refractivity contribution in [1.29, 1.82) is 0 Å². The Bertz CT molecular complexity index is 1370. The van der Waals surface area contributed by atoms with Gasteiger partial charge in [0.25, 0.3) is 0 Å². The molecule has 0 aliphatic carbocycles. The number of rotatable bonds is 20. The second-order valence-corrected chi connectivity index (χ2v) is 15.3. The monoisotopic (exact) mass is 889 g/mol. The van der Waals surface area contributed by atoms with Crippen LogP contribution in [-0.2, 0) is 57.1 Å². The number of ether oxygens (including phenoxy) is 8. The highest BCUT2D eigenvalue weighted by molar-refractivity contribution is 5.73. The predicted octanol–water partition coefficient (Wildman–Crippen LogP) is -6.78. The first-order valence-corrected chi connectivity index (χ1v) is 20.2. The molecule has 1 radical (unpaired) electrons. The first-order chi connectivity index (χ1) is 28.9. The topological polar surface area (TPSA) is 376 Å². The molecule has 61 heavy (non-hydrogen) atoms. The number of hydrogen-bond acceptors (Lipinski definition) is 23. The summed E-state index contributed by atoms with van der Waals surface area (Å²) >= 11 is 0. The van der Waals surface area contributed by atoms with E-state index in [1.807, 2.05) is 0 Å². The van der Waals surface area contributed by atoms with Crippen molar-refractivity contribution in [3.63, 3.8) is 0 Å². The van der Waals surface area contributed by atoms with Gasteiger partial charge in [0.15, 0.2) is 25.2 Å². The van der Waals surface area contributed by atoms with Crippen molar-refractivity contribution in [2.24, 2.45) is 0 Å². The Kier molecular flexibility index (Phi) is 20.2. The lowest BCUT2D eigenvalue weighted by molar-refractivity contribution is -0.377. The summed E-state index contributed by atoms with van der Waals surface area (Å²) in [6.45, 7) is 2.99. The normalized spacial score (nSPS) is 41.8. The van der Waals surface area contributed by atoms with Crippen LogP contribution in [0, 0.1) is 0 Å². The average molecular weight is 890 g/mol. The summed E-state index contributed by atoms with van der Waals surface area (Å²) in [5, 5.41) is 112. The van der Waals surface area contributed by atoms with Crippen molar-refractivity contribution >= 4 is 17.8 Å². The smallest absolute Gasteiger partial charge is 0.394 e. The molecule has 4 saturated heterocycles. The maximum absolute atomic E-state index is 12.3. The van der Waals surface area contributed by atoms with Crippen molar-refractivity contribution in [2.45, 2.75) is 176 Å². The predicted molar refractivity (Wildman–Crippen MR) is 198 cm³/mol. The lowest BCUT2D eigenvalue weighted by Crippen LogP contribution is -2.70. The Labute approximate surface area is 351 Å². The van der Waals surface area contributed by atoms with E-state index in [-0.39, 0.29) is 6.61 Å². The van der Waals surface area contributed by atoms with Crippen molar-refractivity contribution < 1.29 is 108 Å². The molecule has 353 valence electrons. The molecule has 0 spiro atoms. The molecular formula is C36H63N3O22+. The molecule has 0 saturated carbocycles. The highest BCUT2D eigenvalue weighted by atomic mass is 16.8. The summed E-state index contributed by atoms with van der Waals surface area (Å²) in [6.07, 6.45) is -26.7. The largest absolute Gasteiger partial charge is 0.594 e. The first-order valence-electron chi connectivity index (χ1n) is 20.2. The number of amides is 2. The number of aliphatic hydroxyl groups excluding tert-OH is 10. The van der Waals surface area contributed by atoms with Gasteiger partial charge in [-0.15, -0.1) is 0 Å². The molecule has 25 heteroatoms. The van der Waals surface area contributed by atoms with Crippen molar-refractivity contribution in [3.8, 4) is 0 Å². The Hall–Kier alpha value is -2.35. The minimum atomic E-state index is -2.01. The summed E-state index contributed by atoms with van der Waals surface area (Å²) in [5.41, 5.74) is 2.54. The van der Waals surface area contributed by atoms with E-state index in [1.54, 1.807) is 0 Å². The van der Waals surface area contributed by atoms with Crippen molar-refractivity contribution in [3.05, 3.63) is 0 Å². The van der Waals surface area contributed by atoms with Gasteiger partial charge in [-0.3, -0.25) is 9.59 Å². The number of hydrogen-bond donors (Lipinski definition) is 13. The molecule has 2 amide bonds. The molecule has 20 atom stereocenters. The van der Waals surface area contributed by atoms with Crippen LogP contribution >= 0.6 is 0 Å². The fourth-order valence-corrected chi connectivity index (χ4v) is 7.43. The third-order valence-electron chi connectivity index (χ3n) is 10.6. The van der Waals surface area contributed by atoms with E-state index < -0.39 is 160 Å². The molecule has 4 aliphatic heterocycles. The number of nitrogens with one attached hydrogen (secondary N) is 3. The molecule has 0 unspecified atom stereocenters. The van der Waals surface area contributed by atoms with Gasteiger partial charge in [0.2, 0.25) is 11.8 Å². The van der Waals surface area contributed by atoms with Crippen LogP contribution in [0.15, 0.2) is 0 Å². The van der Waals surface area contributed by atoms with E-state index >= 15 is 0 Å². The van der Waals surface area contributed by atoms with E-state index in [1.165, 1.54) is 20.8 Å². The minimum Gasteiger partial charge on any atom is -0.394 e. The van der Waals surface area contributed by atoms with Crippen molar-refractivity contribution in [2.75, 3.05) is 33.0 Å². The molecule has 0 bridgehead atoms. The number of aliphatic hydroxyl groups is 10.